The van der Waals surface area contributed by atoms with Crippen LogP contribution >= 0.6 is 11.6 Å². The van der Waals surface area contributed by atoms with Crippen molar-refractivity contribution in [2.75, 3.05) is 11.9 Å². The molecule has 0 fully saturated rings. The molecule has 68 valence electrons. The first-order valence-electron chi connectivity index (χ1n) is 3.87. The van der Waals surface area contributed by atoms with Gasteiger partial charge in [-0.3, -0.25) is 0 Å². The number of hydrogen-bond acceptors (Lipinski definition) is 3. The summed E-state index contributed by atoms with van der Waals surface area (Å²) in [7, 11) is 0. The number of rotatable bonds is 2. The Kier molecular flexibility index (Phi) is 3.53. The summed E-state index contributed by atoms with van der Waals surface area (Å²) in [5.41, 5.74) is 0. The quantitative estimate of drug-likeness (QED) is 0.579. The van der Waals surface area contributed by atoms with Crippen LogP contribution in [0.15, 0.2) is 6.07 Å². The molecule has 4 heteroatoms. The summed E-state index contributed by atoms with van der Waals surface area (Å²) in [5, 5.41) is 3.46. The van der Waals surface area contributed by atoms with Crippen molar-refractivity contribution in [3.63, 3.8) is 0 Å². The largest absolute Gasteiger partial charge is 0.359 e. The Morgan fingerprint density at radius 1 is 1.54 bits per heavy atom. The van der Waals surface area contributed by atoms with Crippen molar-refractivity contribution in [2.45, 2.75) is 13.8 Å². The lowest BCUT2D eigenvalue weighted by atomic mass is 10.5. The fourth-order valence-corrected chi connectivity index (χ4v) is 1.07. The summed E-state index contributed by atoms with van der Waals surface area (Å²) in [6.07, 6.45) is 0. The second-order valence-electron chi connectivity index (χ2n) is 2.40. The fourth-order valence-electron chi connectivity index (χ4n) is 0.845. The van der Waals surface area contributed by atoms with Gasteiger partial charge in [-0.2, -0.15) is 0 Å². The number of halogens is 1. The van der Waals surface area contributed by atoms with Crippen LogP contribution in [0, 0.1) is 18.8 Å². The average Bonchev–Trinajstić information content (AvgIpc) is 2.03. The third-order valence-electron chi connectivity index (χ3n) is 1.34. The molecular weight excluding hydrogens is 186 g/mol. The molecule has 1 heterocycles. The molecule has 0 aliphatic carbocycles. The maximum Gasteiger partial charge on any atom is 0.134 e. The van der Waals surface area contributed by atoms with Gasteiger partial charge in [0.2, 0.25) is 0 Å². The molecule has 0 aliphatic rings. The lowest BCUT2D eigenvalue weighted by Crippen LogP contribution is -2.02. The fraction of sp³-hybridized carbons (Fsp3) is 0.333. The average molecular weight is 196 g/mol. The van der Waals surface area contributed by atoms with Crippen LogP contribution < -0.4 is 5.32 Å². The highest BCUT2D eigenvalue weighted by molar-refractivity contribution is 6.29. The highest BCUT2D eigenvalue weighted by Gasteiger charge is 1.97. The topological polar surface area (TPSA) is 37.8 Å². The molecule has 0 radical (unpaired) electrons. The van der Waals surface area contributed by atoms with Crippen LogP contribution in [0.3, 0.4) is 0 Å². The Morgan fingerprint density at radius 2 is 2.31 bits per heavy atom. The van der Waals surface area contributed by atoms with Gasteiger partial charge in [-0.25, -0.2) is 9.97 Å². The van der Waals surface area contributed by atoms with E-state index < -0.39 is 0 Å². The van der Waals surface area contributed by atoms with Crippen LogP contribution in [0.1, 0.15) is 12.7 Å². The van der Waals surface area contributed by atoms with E-state index in [4.69, 9.17) is 11.6 Å². The number of aryl methyl sites for hydroxylation is 1. The predicted octanol–water partition coefficient (Wildman–Crippen LogP) is 1.87. The molecule has 0 aromatic carbocycles. The van der Waals surface area contributed by atoms with E-state index >= 15 is 0 Å². The Morgan fingerprint density at radius 3 is 2.92 bits per heavy atom. The number of hydrogen-bond donors (Lipinski definition) is 1. The van der Waals surface area contributed by atoms with Gasteiger partial charge in [0.15, 0.2) is 0 Å². The van der Waals surface area contributed by atoms with E-state index in [1.165, 1.54) is 0 Å². The molecule has 0 atom stereocenters. The van der Waals surface area contributed by atoms with Gasteiger partial charge in [0.1, 0.15) is 16.8 Å². The van der Waals surface area contributed by atoms with Gasteiger partial charge in [0, 0.05) is 6.07 Å². The SMILES string of the molecule is CC#CCNc1cc(Cl)nc(C)n1. The first-order chi connectivity index (χ1) is 6.22. The van der Waals surface area contributed by atoms with Gasteiger partial charge in [0.25, 0.3) is 0 Å². The third-order valence-corrected chi connectivity index (χ3v) is 1.53. The van der Waals surface area contributed by atoms with Crippen molar-refractivity contribution in [3.05, 3.63) is 17.0 Å². The molecule has 1 aromatic rings. The van der Waals surface area contributed by atoms with Gasteiger partial charge >= 0.3 is 0 Å². The molecule has 0 bridgehead atoms. The Hall–Kier alpha value is -1.27. The minimum absolute atomic E-state index is 0.444. The molecule has 1 aromatic heterocycles. The van der Waals surface area contributed by atoms with Gasteiger partial charge in [0.05, 0.1) is 6.54 Å². The van der Waals surface area contributed by atoms with Crippen molar-refractivity contribution >= 4 is 17.4 Å². The van der Waals surface area contributed by atoms with Crippen molar-refractivity contribution in [2.24, 2.45) is 0 Å². The van der Waals surface area contributed by atoms with Gasteiger partial charge < -0.3 is 5.32 Å². The standard InChI is InChI=1S/C9H10ClN3/c1-3-4-5-11-9-6-8(10)12-7(2)13-9/h6H,5H2,1-2H3,(H,11,12,13). The second-order valence-corrected chi connectivity index (χ2v) is 2.79. The van der Waals surface area contributed by atoms with Crippen LogP contribution in [0.4, 0.5) is 5.82 Å². The Bertz CT molecular complexity index is 331. The summed E-state index contributed by atoms with van der Waals surface area (Å²) in [6.45, 7) is 4.16. The van der Waals surface area contributed by atoms with E-state index in [1.807, 2.05) is 0 Å². The molecule has 0 spiro atoms. The van der Waals surface area contributed by atoms with Crippen molar-refractivity contribution < 1.29 is 0 Å². The molecule has 0 amide bonds. The van der Waals surface area contributed by atoms with E-state index in [-0.39, 0.29) is 0 Å². The molecule has 13 heavy (non-hydrogen) atoms. The molecular formula is C9H10ClN3. The summed E-state index contributed by atoms with van der Waals surface area (Å²) < 4.78 is 0. The van der Waals surface area contributed by atoms with Gasteiger partial charge in [-0.1, -0.05) is 17.5 Å². The van der Waals surface area contributed by atoms with E-state index in [2.05, 4.69) is 27.1 Å². The molecule has 0 saturated heterocycles. The zero-order valence-corrected chi connectivity index (χ0v) is 8.31. The normalized spacial score (nSPS) is 8.85. The van der Waals surface area contributed by atoms with E-state index in [9.17, 15) is 0 Å². The Balaban J connectivity index is 2.69. The van der Waals surface area contributed by atoms with Crippen LogP contribution in [0.2, 0.25) is 5.15 Å². The van der Waals surface area contributed by atoms with Crippen LogP contribution in [0.5, 0.6) is 0 Å². The summed E-state index contributed by atoms with van der Waals surface area (Å²) in [5.74, 6) is 7.01. The van der Waals surface area contributed by atoms with Gasteiger partial charge in [-0.05, 0) is 13.8 Å². The zero-order valence-electron chi connectivity index (χ0n) is 7.56. The van der Waals surface area contributed by atoms with Crippen LogP contribution in [-0.4, -0.2) is 16.5 Å². The first-order valence-corrected chi connectivity index (χ1v) is 4.25. The summed E-state index contributed by atoms with van der Waals surface area (Å²) in [4.78, 5) is 8.07. The molecule has 1 rings (SSSR count). The lowest BCUT2D eigenvalue weighted by Gasteiger charge is -2.02. The van der Waals surface area contributed by atoms with Crippen molar-refractivity contribution in [1.29, 1.82) is 0 Å². The molecule has 3 nitrogen and oxygen atoms in total. The molecule has 1 N–H and O–H groups in total. The number of nitrogens with zero attached hydrogens (tertiary/aromatic N) is 2. The zero-order chi connectivity index (χ0) is 9.68. The molecule has 0 unspecified atom stereocenters. The number of anilines is 1. The van der Waals surface area contributed by atoms with Crippen LogP contribution in [0.25, 0.3) is 0 Å². The van der Waals surface area contributed by atoms with Crippen molar-refractivity contribution in [3.8, 4) is 11.8 Å². The van der Waals surface area contributed by atoms with E-state index in [0.717, 1.165) is 0 Å². The molecule has 0 aliphatic heterocycles. The monoisotopic (exact) mass is 195 g/mol. The van der Waals surface area contributed by atoms with E-state index in [1.54, 1.807) is 19.9 Å². The van der Waals surface area contributed by atoms with Crippen LogP contribution in [-0.2, 0) is 0 Å². The first kappa shape index (κ1) is 9.82. The highest BCUT2D eigenvalue weighted by Crippen LogP contribution is 2.10. The minimum Gasteiger partial charge on any atom is -0.359 e. The summed E-state index contributed by atoms with van der Waals surface area (Å²) >= 11 is 5.74. The number of nitrogens with one attached hydrogen (secondary N) is 1. The smallest absolute Gasteiger partial charge is 0.134 e. The molecule has 0 saturated carbocycles. The van der Waals surface area contributed by atoms with E-state index in [0.29, 0.717) is 23.3 Å². The Labute approximate surface area is 82.5 Å². The van der Waals surface area contributed by atoms with Gasteiger partial charge in [-0.15, -0.1) is 5.92 Å². The maximum absolute atomic E-state index is 5.74. The number of aromatic nitrogens is 2. The third kappa shape index (κ3) is 3.30. The van der Waals surface area contributed by atoms with Crippen molar-refractivity contribution in [1.82, 2.24) is 9.97 Å². The lowest BCUT2D eigenvalue weighted by molar-refractivity contribution is 1.05. The minimum atomic E-state index is 0.444. The second kappa shape index (κ2) is 4.68. The highest BCUT2D eigenvalue weighted by atomic mass is 35.5. The summed E-state index contributed by atoms with van der Waals surface area (Å²) in [6, 6.07) is 1.67. The maximum atomic E-state index is 5.74. The predicted molar refractivity (Wildman–Crippen MR) is 53.7 cm³/mol.